The molecule has 2 N–H and O–H groups in total. The van der Waals surface area contributed by atoms with E-state index in [1.54, 1.807) is 18.2 Å². The van der Waals surface area contributed by atoms with Crippen molar-refractivity contribution in [2.75, 3.05) is 12.8 Å². The summed E-state index contributed by atoms with van der Waals surface area (Å²) in [5.41, 5.74) is 7.25. The highest BCUT2D eigenvalue weighted by Crippen LogP contribution is 2.19. The summed E-state index contributed by atoms with van der Waals surface area (Å²) in [6.07, 6.45) is 1.53. The van der Waals surface area contributed by atoms with E-state index in [1.807, 2.05) is 6.07 Å². The lowest BCUT2D eigenvalue weighted by molar-refractivity contribution is 0.0594. The zero-order chi connectivity index (χ0) is 14.7. The summed E-state index contributed by atoms with van der Waals surface area (Å²) in [6.45, 7) is 0.339. The molecular formula is C13H11ClN4O2. The predicted molar refractivity (Wildman–Crippen MR) is 73.2 cm³/mol. The van der Waals surface area contributed by atoms with Crippen molar-refractivity contribution < 1.29 is 9.53 Å². The van der Waals surface area contributed by atoms with E-state index in [1.165, 1.54) is 18.0 Å². The number of benzene rings is 1. The van der Waals surface area contributed by atoms with Crippen LogP contribution in [0.5, 0.6) is 0 Å². The molecule has 0 unspecified atom stereocenters. The Hall–Kier alpha value is -2.52. The van der Waals surface area contributed by atoms with Gasteiger partial charge in [-0.25, -0.2) is 4.79 Å². The Morgan fingerprint density at radius 1 is 1.60 bits per heavy atom. The molecule has 0 fully saturated rings. The molecule has 0 saturated heterocycles. The lowest BCUT2D eigenvalue weighted by Crippen LogP contribution is -2.07. The van der Waals surface area contributed by atoms with Crippen LogP contribution in [0.3, 0.4) is 0 Å². The molecule has 2 aromatic rings. The molecule has 0 spiro atoms. The molecule has 0 bridgehead atoms. The minimum atomic E-state index is -0.591. The third kappa shape index (κ3) is 2.73. The average Bonchev–Trinajstić information content (AvgIpc) is 2.81. The van der Waals surface area contributed by atoms with E-state index in [0.29, 0.717) is 17.1 Å². The fourth-order valence-electron chi connectivity index (χ4n) is 1.69. The van der Waals surface area contributed by atoms with E-state index < -0.39 is 5.97 Å². The van der Waals surface area contributed by atoms with E-state index in [9.17, 15) is 4.79 Å². The number of anilines is 1. The van der Waals surface area contributed by atoms with Crippen LogP contribution in [0.4, 0.5) is 5.69 Å². The first-order valence-electron chi connectivity index (χ1n) is 5.65. The number of hydrogen-bond acceptors (Lipinski definition) is 5. The molecular weight excluding hydrogens is 280 g/mol. The van der Waals surface area contributed by atoms with Gasteiger partial charge in [0.15, 0.2) is 5.69 Å². The van der Waals surface area contributed by atoms with Crippen LogP contribution < -0.4 is 5.73 Å². The number of halogens is 1. The van der Waals surface area contributed by atoms with Crippen molar-refractivity contribution in [3.05, 3.63) is 46.2 Å². The second-order valence-corrected chi connectivity index (χ2v) is 4.45. The van der Waals surface area contributed by atoms with Gasteiger partial charge >= 0.3 is 5.97 Å². The zero-order valence-corrected chi connectivity index (χ0v) is 11.4. The van der Waals surface area contributed by atoms with Gasteiger partial charge in [-0.15, -0.1) is 0 Å². The molecule has 0 saturated carbocycles. The van der Waals surface area contributed by atoms with Crippen LogP contribution in [-0.2, 0) is 11.3 Å². The van der Waals surface area contributed by atoms with Gasteiger partial charge in [0.1, 0.15) is 0 Å². The van der Waals surface area contributed by atoms with Crippen LogP contribution in [0, 0.1) is 11.3 Å². The lowest BCUT2D eigenvalue weighted by atomic mass is 10.1. The topological polar surface area (TPSA) is 93.9 Å². The Kier molecular flexibility index (Phi) is 3.91. The van der Waals surface area contributed by atoms with E-state index in [2.05, 4.69) is 9.84 Å². The summed E-state index contributed by atoms with van der Waals surface area (Å²) in [4.78, 5) is 11.4. The maximum atomic E-state index is 11.4. The molecule has 20 heavy (non-hydrogen) atoms. The van der Waals surface area contributed by atoms with Gasteiger partial charge < -0.3 is 10.5 Å². The van der Waals surface area contributed by atoms with Gasteiger partial charge in [0.25, 0.3) is 0 Å². The van der Waals surface area contributed by atoms with Crippen molar-refractivity contribution in [3.63, 3.8) is 0 Å². The van der Waals surface area contributed by atoms with Crippen molar-refractivity contribution in [1.29, 1.82) is 5.26 Å². The Balaban J connectivity index is 2.27. The molecule has 6 nitrogen and oxygen atoms in total. The minimum Gasteiger partial charge on any atom is -0.464 e. The van der Waals surface area contributed by atoms with Crippen molar-refractivity contribution in [2.24, 2.45) is 0 Å². The lowest BCUT2D eigenvalue weighted by Gasteiger charge is -2.04. The monoisotopic (exact) mass is 290 g/mol. The van der Waals surface area contributed by atoms with Gasteiger partial charge in [0.05, 0.1) is 31.0 Å². The Morgan fingerprint density at radius 2 is 2.35 bits per heavy atom. The smallest absolute Gasteiger partial charge is 0.360 e. The summed E-state index contributed by atoms with van der Waals surface area (Å²) < 4.78 is 6.07. The number of ether oxygens (including phenoxy) is 1. The normalized spacial score (nSPS) is 10.1. The molecule has 0 aliphatic heterocycles. The second-order valence-electron chi connectivity index (χ2n) is 4.04. The molecule has 102 valence electrons. The number of aromatic nitrogens is 2. The molecule has 1 aromatic carbocycles. The first-order valence-corrected chi connectivity index (χ1v) is 6.02. The maximum Gasteiger partial charge on any atom is 0.360 e. The van der Waals surface area contributed by atoms with Gasteiger partial charge in [0.2, 0.25) is 0 Å². The van der Waals surface area contributed by atoms with E-state index in [0.717, 1.165) is 5.56 Å². The van der Waals surface area contributed by atoms with Gasteiger partial charge in [-0.1, -0.05) is 17.7 Å². The minimum absolute atomic E-state index is 0.0669. The highest BCUT2D eigenvalue weighted by Gasteiger charge is 2.15. The van der Waals surface area contributed by atoms with E-state index in [4.69, 9.17) is 22.6 Å². The summed E-state index contributed by atoms with van der Waals surface area (Å²) in [5.74, 6) is -0.591. The fraction of sp³-hybridized carbons (Fsp3) is 0.154. The quantitative estimate of drug-likeness (QED) is 0.870. The van der Waals surface area contributed by atoms with Crippen LogP contribution in [0.2, 0.25) is 5.02 Å². The molecule has 1 aromatic heterocycles. The van der Waals surface area contributed by atoms with Crippen molar-refractivity contribution >= 4 is 23.3 Å². The van der Waals surface area contributed by atoms with Crippen molar-refractivity contribution in [1.82, 2.24) is 9.78 Å². The van der Waals surface area contributed by atoms with Crippen LogP contribution >= 0.6 is 11.6 Å². The molecule has 7 heteroatoms. The molecule has 0 aliphatic rings. The van der Waals surface area contributed by atoms with Gasteiger partial charge in [0, 0.05) is 11.2 Å². The number of nitrogens with zero attached hydrogens (tertiary/aromatic N) is 3. The number of nitrogens with two attached hydrogens (primary N) is 1. The summed E-state index contributed by atoms with van der Waals surface area (Å²) in [5, 5.41) is 13.3. The van der Waals surface area contributed by atoms with Crippen LogP contribution in [0.25, 0.3) is 0 Å². The maximum absolute atomic E-state index is 11.4. The highest BCUT2D eigenvalue weighted by molar-refractivity contribution is 6.31. The Bertz CT molecular complexity index is 703. The van der Waals surface area contributed by atoms with E-state index in [-0.39, 0.29) is 11.4 Å². The number of esters is 1. The molecule has 0 amide bonds. The highest BCUT2D eigenvalue weighted by atomic mass is 35.5. The molecule has 0 radical (unpaired) electrons. The molecule has 1 heterocycles. The van der Waals surface area contributed by atoms with Gasteiger partial charge in [-0.05, 0) is 17.7 Å². The number of carbonyl (C=O) groups excluding carboxylic acids is 1. The predicted octanol–water partition coefficient (Wildman–Crippen LogP) is 1.83. The van der Waals surface area contributed by atoms with E-state index >= 15 is 0 Å². The standard InChI is InChI=1S/C13H11ClN4O2/c1-20-13(19)12-11(16)7-18(17-12)6-9-3-2-8(5-15)4-10(9)14/h2-4,7H,6,16H2,1H3. The number of hydrogen-bond donors (Lipinski definition) is 1. The molecule has 0 atom stereocenters. The number of rotatable bonds is 3. The Labute approximate surface area is 120 Å². The summed E-state index contributed by atoms with van der Waals surface area (Å²) >= 11 is 6.08. The summed E-state index contributed by atoms with van der Waals surface area (Å²) in [6, 6.07) is 6.98. The van der Waals surface area contributed by atoms with Crippen LogP contribution in [0.15, 0.2) is 24.4 Å². The first-order chi connectivity index (χ1) is 9.55. The Morgan fingerprint density at radius 3 is 2.95 bits per heavy atom. The summed E-state index contributed by atoms with van der Waals surface area (Å²) in [7, 11) is 1.26. The van der Waals surface area contributed by atoms with Crippen molar-refractivity contribution in [2.45, 2.75) is 6.54 Å². The second kappa shape index (κ2) is 5.63. The third-order valence-corrected chi connectivity index (χ3v) is 3.04. The number of methoxy groups -OCH3 is 1. The van der Waals surface area contributed by atoms with Crippen molar-refractivity contribution in [3.8, 4) is 6.07 Å². The SMILES string of the molecule is COC(=O)c1nn(Cc2ccc(C#N)cc2Cl)cc1N. The van der Waals surface area contributed by atoms with Gasteiger partial charge in [-0.3, -0.25) is 4.68 Å². The fourth-order valence-corrected chi connectivity index (χ4v) is 1.93. The third-order valence-electron chi connectivity index (χ3n) is 2.68. The number of nitriles is 1. The van der Waals surface area contributed by atoms with Crippen LogP contribution in [0.1, 0.15) is 21.6 Å². The van der Waals surface area contributed by atoms with Crippen LogP contribution in [-0.4, -0.2) is 22.9 Å². The first kappa shape index (κ1) is 13.9. The molecule has 0 aliphatic carbocycles. The number of nitrogen functional groups attached to an aromatic ring is 1. The molecule has 2 rings (SSSR count). The largest absolute Gasteiger partial charge is 0.464 e. The zero-order valence-electron chi connectivity index (χ0n) is 10.6. The van der Waals surface area contributed by atoms with Gasteiger partial charge in [-0.2, -0.15) is 10.4 Å². The average molecular weight is 291 g/mol. The number of carbonyl (C=O) groups is 1.